The zero-order valence-electron chi connectivity index (χ0n) is 20.1. The number of methoxy groups -OCH3 is 1. The number of hydrogen-bond acceptors (Lipinski definition) is 11. The van der Waals surface area contributed by atoms with E-state index in [1.165, 1.54) is 37.1 Å². The molecule has 1 aromatic carbocycles. The summed E-state index contributed by atoms with van der Waals surface area (Å²) in [5, 5.41) is 13.4. The van der Waals surface area contributed by atoms with Crippen LogP contribution >= 0.6 is 23.7 Å². The molecule has 4 rings (SSSR count). The Hall–Kier alpha value is -3.12. The standard InChI is InChI=1S/C22H23BrFN6O7P/c1-4-22(15(31)9-16(36-22)30-11-26-17-18(25)27-21(24)28-19(17)30)10-35-38(33,29-12(2)20(32)34-3)37-14-7-5-13(23)6-8-14/h1,5-8,11-12,15-16,31H,9-10H2,2-3H3,(H,29,33)(H2,25,27,28)/t12-,15-,16+,22+,38?/m0/s1. The lowest BCUT2D eigenvalue weighted by Crippen LogP contribution is -2.43. The number of imidazole rings is 1. The van der Waals surface area contributed by atoms with E-state index in [1.807, 2.05) is 0 Å². The van der Waals surface area contributed by atoms with E-state index in [-0.39, 0.29) is 29.2 Å². The zero-order chi connectivity index (χ0) is 27.7. The molecular weight excluding hydrogens is 590 g/mol. The molecule has 3 heterocycles. The fourth-order valence-corrected chi connectivity index (χ4v) is 5.50. The number of ether oxygens (including phenoxy) is 2. The topological polar surface area (TPSA) is 173 Å². The number of nitrogens with two attached hydrogens (primary N) is 1. The van der Waals surface area contributed by atoms with E-state index >= 15 is 0 Å². The number of nitrogens with zero attached hydrogens (tertiary/aromatic N) is 4. The third-order valence-corrected chi connectivity index (χ3v) is 7.83. The molecule has 5 atom stereocenters. The molecule has 4 N–H and O–H groups in total. The number of aromatic nitrogens is 4. The molecule has 0 aliphatic carbocycles. The van der Waals surface area contributed by atoms with Gasteiger partial charge in [-0.15, -0.1) is 6.42 Å². The molecule has 1 unspecified atom stereocenters. The molecule has 202 valence electrons. The summed E-state index contributed by atoms with van der Waals surface area (Å²) in [6.45, 7) is 0.783. The summed E-state index contributed by atoms with van der Waals surface area (Å²) in [6, 6.07) is 5.25. The van der Waals surface area contributed by atoms with Crippen LogP contribution < -0.4 is 15.3 Å². The number of anilines is 1. The average Bonchev–Trinajstić information content (AvgIpc) is 3.45. The third kappa shape index (κ3) is 5.65. The highest BCUT2D eigenvalue weighted by Crippen LogP contribution is 2.48. The minimum atomic E-state index is -4.30. The van der Waals surface area contributed by atoms with Crippen molar-refractivity contribution >= 4 is 46.6 Å². The number of carbonyl (C=O) groups excluding carboxylic acids is 1. The molecule has 3 aromatic rings. The summed E-state index contributed by atoms with van der Waals surface area (Å²) in [5.41, 5.74) is 4.06. The third-order valence-electron chi connectivity index (χ3n) is 5.68. The van der Waals surface area contributed by atoms with E-state index in [2.05, 4.69) is 46.6 Å². The van der Waals surface area contributed by atoms with Crippen LogP contribution in [0.25, 0.3) is 11.2 Å². The highest BCUT2D eigenvalue weighted by molar-refractivity contribution is 9.10. The van der Waals surface area contributed by atoms with E-state index in [0.29, 0.717) is 0 Å². The Morgan fingerprint density at radius 3 is 2.84 bits per heavy atom. The van der Waals surface area contributed by atoms with E-state index in [1.54, 1.807) is 12.1 Å². The van der Waals surface area contributed by atoms with Crippen molar-refractivity contribution in [3.63, 3.8) is 0 Å². The summed E-state index contributed by atoms with van der Waals surface area (Å²) in [7, 11) is -3.14. The average molecular weight is 613 g/mol. The van der Waals surface area contributed by atoms with Crippen LogP contribution in [0, 0.1) is 18.4 Å². The second-order valence-electron chi connectivity index (χ2n) is 8.25. The number of fused-ring (bicyclic) bond motifs is 1. The van der Waals surface area contributed by atoms with Gasteiger partial charge in [0.05, 0.1) is 13.4 Å². The molecule has 1 fully saturated rings. The second-order valence-corrected chi connectivity index (χ2v) is 10.9. The normalized spacial score (nSPS) is 23.5. The number of rotatable bonds is 9. The Bertz CT molecular complexity index is 1430. The molecule has 0 radical (unpaired) electrons. The quantitative estimate of drug-likeness (QED) is 0.139. The molecule has 38 heavy (non-hydrogen) atoms. The van der Waals surface area contributed by atoms with Crippen LogP contribution in [0.3, 0.4) is 0 Å². The molecule has 0 spiro atoms. The van der Waals surface area contributed by atoms with Crippen molar-refractivity contribution < 1.29 is 37.4 Å². The minimum Gasteiger partial charge on any atom is -0.468 e. The van der Waals surface area contributed by atoms with E-state index < -0.39 is 50.4 Å². The molecule has 1 saturated heterocycles. The first kappa shape index (κ1) is 27.9. The predicted molar refractivity (Wildman–Crippen MR) is 135 cm³/mol. The van der Waals surface area contributed by atoms with Crippen LogP contribution in [-0.2, 0) is 23.4 Å². The maximum absolute atomic E-state index is 13.8. The molecule has 1 aliphatic rings. The Labute approximate surface area is 224 Å². The first-order chi connectivity index (χ1) is 18.0. The van der Waals surface area contributed by atoms with Gasteiger partial charge in [0.25, 0.3) is 0 Å². The number of aliphatic hydroxyl groups is 1. The van der Waals surface area contributed by atoms with Gasteiger partial charge in [-0.25, -0.2) is 9.55 Å². The number of esters is 1. The molecule has 0 bridgehead atoms. The number of nitrogen functional groups attached to an aromatic ring is 1. The number of hydrogen-bond donors (Lipinski definition) is 3. The predicted octanol–water partition coefficient (Wildman–Crippen LogP) is 2.32. The number of benzene rings is 1. The molecule has 0 amide bonds. The van der Waals surface area contributed by atoms with Crippen molar-refractivity contribution in [2.45, 2.75) is 37.3 Å². The molecule has 16 heteroatoms. The minimum absolute atomic E-state index is 0.0266. The zero-order valence-corrected chi connectivity index (χ0v) is 22.6. The monoisotopic (exact) mass is 612 g/mol. The molecule has 2 aromatic heterocycles. The van der Waals surface area contributed by atoms with Gasteiger partial charge in [-0.1, -0.05) is 21.9 Å². The summed E-state index contributed by atoms with van der Waals surface area (Å²) in [5.74, 6) is 1.62. The fourth-order valence-electron chi connectivity index (χ4n) is 3.72. The smallest absolute Gasteiger partial charge is 0.459 e. The lowest BCUT2D eigenvalue weighted by atomic mass is 9.99. The Morgan fingerprint density at radius 2 is 2.18 bits per heavy atom. The number of terminal acetylenes is 1. The highest BCUT2D eigenvalue weighted by atomic mass is 79.9. The van der Waals surface area contributed by atoms with E-state index in [0.717, 1.165) is 4.47 Å². The van der Waals surface area contributed by atoms with Crippen LogP contribution in [0.5, 0.6) is 5.75 Å². The van der Waals surface area contributed by atoms with Gasteiger partial charge in [0.2, 0.25) is 0 Å². The number of nitrogens with one attached hydrogen (secondary N) is 1. The highest BCUT2D eigenvalue weighted by Gasteiger charge is 2.50. The molecule has 13 nitrogen and oxygen atoms in total. The summed E-state index contributed by atoms with van der Waals surface area (Å²) < 4.78 is 51.4. The molecule has 1 aliphatic heterocycles. The van der Waals surface area contributed by atoms with Gasteiger partial charge in [-0.2, -0.15) is 19.4 Å². The van der Waals surface area contributed by atoms with Gasteiger partial charge >= 0.3 is 19.8 Å². The molecule has 0 saturated carbocycles. The maximum Gasteiger partial charge on any atom is 0.459 e. The van der Waals surface area contributed by atoms with Crippen LogP contribution in [-0.4, -0.2) is 62.1 Å². The van der Waals surface area contributed by atoms with Gasteiger partial charge in [-0.3, -0.25) is 13.9 Å². The van der Waals surface area contributed by atoms with Crippen molar-refractivity contribution in [1.82, 2.24) is 24.6 Å². The summed E-state index contributed by atoms with van der Waals surface area (Å²) in [6.07, 6.45) is 3.59. The van der Waals surface area contributed by atoms with Gasteiger partial charge in [0, 0.05) is 10.9 Å². The number of aliphatic hydroxyl groups excluding tert-OH is 1. The lowest BCUT2D eigenvalue weighted by Gasteiger charge is -2.29. The van der Waals surface area contributed by atoms with Crippen LogP contribution in [0.15, 0.2) is 35.1 Å². The van der Waals surface area contributed by atoms with E-state index in [9.17, 15) is 18.9 Å². The van der Waals surface area contributed by atoms with Crippen molar-refractivity contribution in [3.8, 4) is 18.1 Å². The SMILES string of the molecule is C#C[C@]1(COP(=O)(N[C@@H](C)C(=O)OC)Oc2ccc(Br)cc2)O[C@@H](n2cnc3c(N)nc(F)nc32)C[C@@H]1O. The summed E-state index contributed by atoms with van der Waals surface area (Å²) >= 11 is 3.30. The van der Waals surface area contributed by atoms with Gasteiger partial charge in [0.1, 0.15) is 30.7 Å². The largest absolute Gasteiger partial charge is 0.468 e. The Morgan fingerprint density at radius 1 is 1.47 bits per heavy atom. The van der Waals surface area contributed by atoms with Gasteiger partial charge in [0.15, 0.2) is 22.6 Å². The summed E-state index contributed by atoms with van der Waals surface area (Å²) in [4.78, 5) is 23.2. The van der Waals surface area contributed by atoms with Crippen molar-refractivity contribution in [2.75, 3.05) is 19.5 Å². The number of halogens is 2. The maximum atomic E-state index is 13.8. The lowest BCUT2D eigenvalue weighted by molar-refractivity contribution is -0.142. The van der Waals surface area contributed by atoms with Crippen molar-refractivity contribution in [3.05, 3.63) is 41.1 Å². The number of carbonyl (C=O) groups is 1. The molecular formula is C22H23BrFN6O7P. The van der Waals surface area contributed by atoms with Crippen molar-refractivity contribution in [1.29, 1.82) is 0 Å². The fraction of sp³-hybridized carbons (Fsp3) is 0.364. The Kier molecular flexibility index (Phi) is 8.03. The van der Waals surface area contributed by atoms with Crippen LogP contribution in [0.1, 0.15) is 19.6 Å². The van der Waals surface area contributed by atoms with Gasteiger partial charge in [-0.05, 0) is 31.2 Å². The second kappa shape index (κ2) is 10.9. The van der Waals surface area contributed by atoms with E-state index in [4.69, 9.17) is 25.9 Å². The first-order valence-electron chi connectivity index (χ1n) is 11.0. The van der Waals surface area contributed by atoms with Gasteiger partial charge < -0.3 is 24.8 Å². The Balaban J connectivity index is 1.58. The van der Waals surface area contributed by atoms with Crippen molar-refractivity contribution in [2.24, 2.45) is 0 Å². The van der Waals surface area contributed by atoms with Crippen LogP contribution in [0.2, 0.25) is 0 Å². The first-order valence-corrected chi connectivity index (χ1v) is 13.4. The van der Waals surface area contributed by atoms with Crippen LogP contribution in [0.4, 0.5) is 10.2 Å².